The molecule has 0 saturated carbocycles. The number of thiophene rings is 1. The van der Waals surface area contributed by atoms with E-state index in [0.29, 0.717) is 43.7 Å². The molecule has 0 N–H and O–H groups in total. The second-order valence-corrected chi connectivity index (χ2v) is 9.78. The fraction of sp³-hybridized carbons (Fsp3) is 0.417. The molecular formula is C24H28N8O2S. The van der Waals surface area contributed by atoms with E-state index in [4.69, 9.17) is 4.52 Å². The normalized spacial score (nSPS) is 14.6. The average Bonchev–Trinajstić information content (AvgIpc) is 3.57. The Hall–Kier alpha value is -3.44. The van der Waals surface area contributed by atoms with Crippen LogP contribution in [0, 0.1) is 27.7 Å². The van der Waals surface area contributed by atoms with Crippen LogP contribution in [0.15, 0.2) is 28.1 Å². The zero-order valence-electron chi connectivity index (χ0n) is 20.4. The van der Waals surface area contributed by atoms with Crippen molar-refractivity contribution in [2.24, 2.45) is 0 Å². The number of amides is 1. The molecule has 1 aliphatic rings. The Morgan fingerprint density at radius 1 is 1.06 bits per heavy atom. The van der Waals surface area contributed by atoms with Gasteiger partial charge in [0.2, 0.25) is 17.6 Å². The number of aromatic nitrogens is 6. The Morgan fingerprint density at radius 3 is 2.49 bits per heavy atom. The van der Waals surface area contributed by atoms with Crippen molar-refractivity contribution in [3.05, 3.63) is 57.8 Å². The van der Waals surface area contributed by atoms with Crippen LogP contribution in [-0.2, 0) is 17.8 Å². The topological polar surface area (TPSA) is 106 Å². The summed E-state index contributed by atoms with van der Waals surface area (Å²) in [5.74, 6) is 1.87. The lowest BCUT2D eigenvalue weighted by Gasteiger charge is -2.34. The van der Waals surface area contributed by atoms with Crippen LogP contribution in [-0.4, -0.2) is 71.8 Å². The van der Waals surface area contributed by atoms with Crippen LogP contribution in [0.4, 0.5) is 0 Å². The third-order valence-corrected chi connectivity index (χ3v) is 7.09. The summed E-state index contributed by atoms with van der Waals surface area (Å²) in [4.78, 5) is 31.8. The molecule has 11 heteroatoms. The summed E-state index contributed by atoms with van der Waals surface area (Å²) >= 11 is 1.59. The van der Waals surface area contributed by atoms with Crippen molar-refractivity contribution in [3.63, 3.8) is 0 Å². The van der Waals surface area contributed by atoms with Crippen molar-refractivity contribution in [3.8, 4) is 16.6 Å². The van der Waals surface area contributed by atoms with Gasteiger partial charge >= 0.3 is 0 Å². The lowest BCUT2D eigenvalue weighted by Crippen LogP contribution is -2.48. The Bertz CT molecular complexity index is 1320. The van der Waals surface area contributed by atoms with Gasteiger partial charge in [-0.05, 0) is 45.2 Å². The molecule has 0 atom stereocenters. The maximum absolute atomic E-state index is 13.1. The van der Waals surface area contributed by atoms with Gasteiger partial charge in [-0.1, -0.05) is 11.2 Å². The number of hydrogen-bond donors (Lipinski definition) is 0. The zero-order valence-corrected chi connectivity index (χ0v) is 21.2. The van der Waals surface area contributed by atoms with E-state index in [9.17, 15) is 4.79 Å². The molecule has 1 aliphatic heterocycles. The number of carbonyl (C=O) groups excluding carboxylic acids is 1. The second kappa shape index (κ2) is 9.67. The highest BCUT2D eigenvalue weighted by molar-refractivity contribution is 7.13. The molecule has 1 saturated heterocycles. The molecule has 0 spiro atoms. The van der Waals surface area contributed by atoms with Crippen molar-refractivity contribution in [2.75, 3.05) is 26.2 Å². The highest BCUT2D eigenvalue weighted by atomic mass is 32.1. The van der Waals surface area contributed by atoms with Gasteiger partial charge in [0.05, 0.1) is 23.5 Å². The number of piperazine rings is 1. The van der Waals surface area contributed by atoms with Crippen LogP contribution in [0.2, 0.25) is 0 Å². The Kier molecular flexibility index (Phi) is 6.44. The predicted octanol–water partition coefficient (Wildman–Crippen LogP) is 2.89. The van der Waals surface area contributed by atoms with Crippen molar-refractivity contribution >= 4 is 17.2 Å². The highest BCUT2D eigenvalue weighted by Gasteiger charge is 2.25. The van der Waals surface area contributed by atoms with Crippen molar-refractivity contribution in [1.82, 2.24) is 39.7 Å². The van der Waals surface area contributed by atoms with Gasteiger partial charge < -0.3 is 9.42 Å². The Labute approximate surface area is 207 Å². The molecule has 182 valence electrons. The van der Waals surface area contributed by atoms with Gasteiger partial charge in [0.15, 0.2) is 0 Å². The molecule has 0 aliphatic carbocycles. The van der Waals surface area contributed by atoms with E-state index in [1.807, 2.05) is 56.2 Å². The lowest BCUT2D eigenvalue weighted by atomic mass is 10.1. The molecule has 0 unspecified atom stereocenters. The molecule has 35 heavy (non-hydrogen) atoms. The van der Waals surface area contributed by atoms with E-state index in [2.05, 4.69) is 30.1 Å². The van der Waals surface area contributed by atoms with Crippen LogP contribution in [0.1, 0.15) is 34.2 Å². The molecule has 4 aromatic heterocycles. The van der Waals surface area contributed by atoms with Gasteiger partial charge in [-0.3, -0.25) is 9.69 Å². The summed E-state index contributed by atoms with van der Waals surface area (Å²) in [5.41, 5.74) is 4.44. The minimum absolute atomic E-state index is 0.106. The summed E-state index contributed by atoms with van der Waals surface area (Å²) < 4.78 is 7.17. The number of hydrogen-bond acceptors (Lipinski definition) is 9. The summed E-state index contributed by atoms with van der Waals surface area (Å²) in [6, 6.07) is 5.88. The van der Waals surface area contributed by atoms with Crippen molar-refractivity contribution < 1.29 is 9.32 Å². The Morgan fingerprint density at radius 2 is 1.80 bits per heavy atom. The van der Waals surface area contributed by atoms with Crippen molar-refractivity contribution in [1.29, 1.82) is 0 Å². The van der Waals surface area contributed by atoms with E-state index in [-0.39, 0.29) is 5.91 Å². The number of nitrogens with zero attached hydrogens (tertiary/aromatic N) is 8. The van der Waals surface area contributed by atoms with Gasteiger partial charge in [0, 0.05) is 48.8 Å². The second-order valence-electron chi connectivity index (χ2n) is 8.83. The molecule has 1 fully saturated rings. The van der Waals surface area contributed by atoms with E-state index in [1.54, 1.807) is 16.0 Å². The number of aryl methyl sites for hydroxylation is 3. The van der Waals surface area contributed by atoms with Crippen LogP contribution in [0.5, 0.6) is 0 Å². The number of rotatable bonds is 6. The third kappa shape index (κ3) is 5.01. The summed E-state index contributed by atoms with van der Waals surface area (Å²) in [6.07, 6.45) is 0.316. The van der Waals surface area contributed by atoms with Gasteiger partial charge in [-0.25, -0.2) is 14.6 Å². The minimum Gasteiger partial charge on any atom is -0.340 e. The van der Waals surface area contributed by atoms with E-state index < -0.39 is 0 Å². The third-order valence-electron chi connectivity index (χ3n) is 6.22. The fourth-order valence-corrected chi connectivity index (χ4v) is 5.01. The van der Waals surface area contributed by atoms with Crippen LogP contribution >= 0.6 is 11.3 Å². The summed E-state index contributed by atoms with van der Waals surface area (Å²) in [6.45, 7) is 11.2. The first kappa shape index (κ1) is 23.3. The molecule has 5 heterocycles. The monoisotopic (exact) mass is 492 g/mol. The van der Waals surface area contributed by atoms with Crippen LogP contribution < -0.4 is 0 Å². The van der Waals surface area contributed by atoms with E-state index in [0.717, 1.165) is 46.3 Å². The molecule has 0 bridgehead atoms. The van der Waals surface area contributed by atoms with Crippen LogP contribution in [0.25, 0.3) is 16.6 Å². The zero-order chi connectivity index (χ0) is 24.5. The highest BCUT2D eigenvalue weighted by Crippen LogP contribution is 2.22. The SMILES string of the molecule is Cc1cc(C)nc(-n2nc(C)c(CC(=O)N3CCN(Cc4nc(-c5cccs5)no4)CC3)c2C)n1. The lowest BCUT2D eigenvalue weighted by molar-refractivity contribution is -0.132. The van der Waals surface area contributed by atoms with Crippen LogP contribution in [0.3, 0.4) is 0 Å². The van der Waals surface area contributed by atoms with E-state index in [1.165, 1.54) is 0 Å². The maximum atomic E-state index is 13.1. The molecule has 0 radical (unpaired) electrons. The first-order valence-electron chi connectivity index (χ1n) is 11.6. The first-order valence-corrected chi connectivity index (χ1v) is 12.5. The van der Waals surface area contributed by atoms with Gasteiger partial charge in [-0.15, -0.1) is 11.3 Å². The summed E-state index contributed by atoms with van der Waals surface area (Å²) in [7, 11) is 0. The molecule has 0 aromatic carbocycles. The predicted molar refractivity (Wildman–Crippen MR) is 131 cm³/mol. The standard InChI is InChI=1S/C24H28N8O2S/c1-15-12-16(2)26-24(25-15)32-18(4)19(17(3)28-32)13-22(33)31-9-7-30(8-10-31)14-21-27-23(29-34-21)20-6-5-11-35-20/h5-6,11-12H,7-10,13-14H2,1-4H3. The molecule has 5 rings (SSSR count). The molecule has 4 aromatic rings. The maximum Gasteiger partial charge on any atom is 0.251 e. The average molecular weight is 493 g/mol. The quantitative estimate of drug-likeness (QED) is 0.405. The van der Waals surface area contributed by atoms with Gasteiger partial charge in [-0.2, -0.15) is 10.1 Å². The molecule has 1 amide bonds. The number of carbonyl (C=O) groups is 1. The minimum atomic E-state index is 0.106. The van der Waals surface area contributed by atoms with E-state index >= 15 is 0 Å². The van der Waals surface area contributed by atoms with Crippen molar-refractivity contribution in [2.45, 2.75) is 40.7 Å². The molecule has 10 nitrogen and oxygen atoms in total. The van der Waals surface area contributed by atoms with Gasteiger partial charge in [0.25, 0.3) is 5.95 Å². The largest absolute Gasteiger partial charge is 0.340 e. The smallest absolute Gasteiger partial charge is 0.251 e. The Balaban J connectivity index is 1.19. The van der Waals surface area contributed by atoms with Gasteiger partial charge in [0.1, 0.15) is 0 Å². The summed E-state index contributed by atoms with van der Waals surface area (Å²) in [5, 5.41) is 10.7. The molecular weight excluding hydrogens is 464 g/mol. The first-order chi connectivity index (χ1) is 16.9. The fourth-order valence-electron chi connectivity index (χ4n) is 4.36.